The number of fused-ring (bicyclic) bond motifs is 1. The summed E-state index contributed by atoms with van der Waals surface area (Å²) in [6.45, 7) is 4.93. The first-order chi connectivity index (χ1) is 13.8. The summed E-state index contributed by atoms with van der Waals surface area (Å²) in [5, 5.41) is 0. The van der Waals surface area contributed by atoms with Crippen molar-refractivity contribution in [3.63, 3.8) is 0 Å². The highest BCUT2D eigenvalue weighted by Crippen LogP contribution is 2.28. The minimum Gasteiger partial charge on any atom is -0.378 e. The monoisotopic (exact) mass is 373 g/mol. The van der Waals surface area contributed by atoms with E-state index in [0.717, 1.165) is 41.2 Å². The number of hydrogen-bond donors (Lipinski definition) is 0. The van der Waals surface area contributed by atoms with E-state index in [4.69, 9.17) is 14.7 Å². The van der Waals surface area contributed by atoms with Gasteiger partial charge in [-0.25, -0.2) is 19.9 Å². The first-order valence-electron chi connectivity index (χ1n) is 9.20. The van der Waals surface area contributed by atoms with Gasteiger partial charge in [-0.3, -0.25) is 4.57 Å². The molecule has 0 N–H and O–H groups in total. The zero-order valence-corrected chi connectivity index (χ0v) is 15.5. The minimum atomic E-state index is 0.669. The van der Waals surface area contributed by atoms with Gasteiger partial charge in [-0.2, -0.15) is 4.98 Å². The molecule has 0 radical (unpaired) electrons. The van der Waals surface area contributed by atoms with Crippen molar-refractivity contribution >= 4 is 17.1 Å². The number of anilines is 1. The molecule has 0 amide bonds. The van der Waals surface area contributed by atoms with Crippen LogP contribution in [0.25, 0.3) is 28.1 Å². The average molecular weight is 373 g/mol. The summed E-state index contributed by atoms with van der Waals surface area (Å²) in [5.41, 5.74) is 5.24. The van der Waals surface area contributed by atoms with Gasteiger partial charge >= 0.3 is 0 Å². The molecule has 8 nitrogen and oxygen atoms in total. The van der Waals surface area contributed by atoms with Gasteiger partial charge in [0.25, 0.3) is 0 Å². The molecule has 1 aliphatic rings. The van der Waals surface area contributed by atoms with Crippen LogP contribution in [0.3, 0.4) is 0 Å². The van der Waals surface area contributed by atoms with E-state index in [1.807, 2.05) is 10.6 Å². The maximum Gasteiger partial charge on any atom is 0.228 e. The number of benzene rings is 1. The molecule has 5 rings (SSSR count). The summed E-state index contributed by atoms with van der Waals surface area (Å²) < 4.78 is 7.48. The molecule has 1 aliphatic heterocycles. The molecule has 1 aromatic carbocycles. The van der Waals surface area contributed by atoms with Gasteiger partial charge in [0, 0.05) is 36.7 Å². The van der Waals surface area contributed by atoms with Crippen LogP contribution in [-0.2, 0) is 4.74 Å². The number of aryl methyl sites for hydroxylation is 1. The molecule has 8 heteroatoms. The lowest BCUT2D eigenvalue weighted by Gasteiger charge is -2.27. The largest absolute Gasteiger partial charge is 0.378 e. The van der Waals surface area contributed by atoms with Crippen LogP contribution in [0.15, 0.2) is 49.3 Å². The number of nitrogens with zero attached hydrogens (tertiary/aromatic N) is 7. The molecular weight excluding hydrogens is 354 g/mol. The smallest absolute Gasteiger partial charge is 0.228 e. The third-order valence-corrected chi connectivity index (χ3v) is 4.79. The lowest BCUT2D eigenvalue weighted by molar-refractivity contribution is 0.122. The zero-order valence-electron chi connectivity index (χ0n) is 15.5. The van der Waals surface area contributed by atoms with E-state index in [0.29, 0.717) is 19.2 Å². The number of morpholine rings is 1. The molecule has 3 aromatic heterocycles. The van der Waals surface area contributed by atoms with Crippen molar-refractivity contribution < 1.29 is 4.74 Å². The highest BCUT2D eigenvalue weighted by Gasteiger charge is 2.20. The van der Waals surface area contributed by atoms with E-state index in [1.54, 1.807) is 18.7 Å². The molecule has 1 saturated heterocycles. The van der Waals surface area contributed by atoms with E-state index in [9.17, 15) is 0 Å². The van der Waals surface area contributed by atoms with Crippen LogP contribution in [-0.4, -0.2) is 55.8 Å². The Morgan fingerprint density at radius 2 is 1.86 bits per heavy atom. The summed E-state index contributed by atoms with van der Waals surface area (Å²) >= 11 is 0. The number of hydrogen-bond acceptors (Lipinski definition) is 7. The standard InChI is InChI=1S/C20H19N7O/c1-14-3-2-4-16(9-14)27-13-23-18-17(15-10-21-12-22-11-15)24-20(25-19(18)27)26-5-7-28-8-6-26/h2-4,9-13H,5-8H2,1H3. The van der Waals surface area contributed by atoms with E-state index in [-0.39, 0.29) is 0 Å². The SMILES string of the molecule is Cc1cccc(-n2cnc3c(-c4cncnc4)nc(N4CCOCC4)nc32)c1. The summed E-state index contributed by atoms with van der Waals surface area (Å²) in [6.07, 6.45) is 6.81. The number of ether oxygens (including phenoxy) is 1. The fourth-order valence-electron chi connectivity index (χ4n) is 3.38. The van der Waals surface area contributed by atoms with Gasteiger partial charge in [-0.15, -0.1) is 0 Å². The van der Waals surface area contributed by atoms with Crippen LogP contribution in [0.2, 0.25) is 0 Å². The second-order valence-electron chi connectivity index (χ2n) is 6.72. The number of imidazole rings is 1. The molecular formula is C20H19N7O. The van der Waals surface area contributed by atoms with Crippen molar-refractivity contribution in [3.8, 4) is 16.9 Å². The van der Waals surface area contributed by atoms with Crippen molar-refractivity contribution in [2.24, 2.45) is 0 Å². The van der Waals surface area contributed by atoms with Gasteiger partial charge in [0.1, 0.15) is 23.9 Å². The summed E-state index contributed by atoms with van der Waals surface area (Å²) in [4.78, 5) is 24.8. The van der Waals surface area contributed by atoms with E-state index in [1.165, 1.54) is 11.9 Å². The van der Waals surface area contributed by atoms with Gasteiger partial charge in [0.05, 0.1) is 13.2 Å². The Hall–Kier alpha value is -3.39. The molecule has 28 heavy (non-hydrogen) atoms. The van der Waals surface area contributed by atoms with E-state index >= 15 is 0 Å². The topological polar surface area (TPSA) is 81.9 Å². The quantitative estimate of drug-likeness (QED) is 0.545. The number of rotatable bonds is 3. The van der Waals surface area contributed by atoms with Crippen molar-refractivity contribution in [2.45, 2.75) is 6.92 Å². The Bertz CT molecular complexity index is 1120. The molecule has 0 unspecified atom stereocenters. The van der Waals surface area contributed by atoms with Crippen LogP contribution in [0.4, 0.5) is 5.95 Å². The zero-order chi connectivity index (χ0) is 18.9. The summed E-state index contributed by atoms with van der Waals surface area (Å²) in [5.74, 6) is 0.670. The first kappa shape index (κ1) is 16.8. The maximum absolute atomic E-state index is 5.48. The lowest BCUT2D eigenvalue weighted by atomic mass is 10.2. The van der Waals surface area contributed by atoms with Gasteiger partial charge in [-0.1, -0.05) is 12.1 Å². The lowest BCUT2D eigenvalue weighted by Crippen LogP contribution is -2.37. The van der Waals surface area contributed by atoms with E-state index < -0.39 is 0 Å². The Morgan fingerprint density at radius 3 is 2.64 bits per heavy atom. The number of aromatic nitrogens is 6. The molecule has 0 atom stereocenters. The fraction of sp³-hybridized carbons (Fsp3) is 0.250. The van der Waals surface area contributed by atoms with Crippen LogP contribution in [0, 0.1) is 6.92 Å². The highest BCUT2D eigenvalue weighted by atomic mass is 16.5. The Morgan fingerprint density at radius 1 is 1.04 bits per heavy atom. The van der Waals surface area contributed by atoms with Gasteiger partial charge < -0.3 is 9.64 Å². The minimum absolute atomic E-state index is 0.669. The molecule has 0 bridgehead atoms. The molecule has 0 spiro atoms. The van der Waals surface area contributed by atoms with Gasteiger partial charge in [0.15, 0.2) is 5.65 Å². The predicted molar refractivity (Wildman–Crippen MR) is 105 cm³/mol. The predicted octanol–water partition coefficient (Wildman–Crippen LogP) is 2.42. The van der Waals surface area contributed by atoms with Crippen LogP contribution in [0.1, 0.15) is 5.56 Å². The van der Waals surface area contributed by atoms with Crippen molar-refractivity contribution in [1.82, 2.24) is 29.5 Å². The van der Waals surface area contributed by atoms with Crippen LogP contribution >= 0.6 is 0 Å². The van der Waals surface area contributed by atoms with Crippen molar-refractivity contribution in [2.75, 3.05) is 31.2 Å². The molecule has 4 heterocycles. The molecule has 4 aromatic rings. The Kier molecular flexibility index (Phi) is 4.17. The fourth-order valence-corrected chi connectivity index (χ4v) is 3.38. The summed E-state index contributed by atoms with van der Waals surface area (Å²) in [7, 11) is 0. The Balaban J connectivity index is 1.74. The average Bonchev–Trinajstić information content (AvgIpc) is 3.18. The third kappa shape index (κ3) is 2.97. The van der Waals surface area contributed by atoms with Crippen molar-refractivity contribution in [3.05, 3.63) is 54.9 Å². The van der Waals surface area contributed by atoms with Crippen molar-refractivity contribution in [1.29, 1.82) is 0 Å². The molecule has 140 valence electrons. The normalized spacial score (nSPS) is 14.5. The second kappa shape index (κ2) is 6.97. The first-order valence-corrected chi connectivity index (χ1v) is 9.20. The van der Waals surface area contributed by atoms with Gasteiger partial charge in [-0.05, 0) is 24.6 Å². The third-order valence-electron chi connectivity index (χ3n) is 4.79. The van der Waals surface area contributed by atoms with Gasteiger partial charge in [0.2, 0.25) is 5.95 Å². The maximum atomic E-state index is 5.48. The highest BCUT2D eigenvalue weighted by molar-refractivity contribution is 5.89. The second-order valence-corrected chi connectivity index (χ2v) is 6.72. The summed E-state index contributed by atoms with van der Waals surface area (Å²) in [6, 6.07) is 8.27. The molecule has 0 saturated carbocycles. The van der Waals surface area contributed by atoms with E-state index in [2.05, 4.69) is 45.0 Å². The molecule has 0 aliphatic carbocycles. The van der Waals surface area contributed by atoms with Crippen LogP contribution in [0.5, 0.6) is 0 Å². The molecule has 1 fully saturated rings. The van der Waals surface area contributed by atoms with Crippen LogP contribution < -0.4 is 4.90 Å². The Labute approximate surface area is 161 Å².